The predicted molar refractivity (Wildman–Crippen MR) is 116 cm³/mol. The molecule has 2 saturated carbocycles. The number of fused-ring (bicyclic) bond motifs is 1. The second-order valence-electron chi connectivity index (χ2n) is 7.99. The number of hydrogen-bond donors (Lipinski definition) is 2. The van der Waals surface area contributed by atoms with Crippen LogP contribution in [-0.4, -0.2) is 28.7 Å². The van der Waals surface area contributed by atoms with Gasteiger partial charge in [0.05, 0.1) is 16.7 Å². The molecular weight excluding hydrogens is 472 g/mol. The minimum absolute atomic E-state index is 0.0264. The van der Waals surface area contributed by atoms with E-state index in [-0.39, 0.29) is 46.5 Å². The predicted octanol–water partition coefficient (Wildman–Crippen LogP) is 4.10. The molecule has 8 heteroatoms. The average molecular weight is 490 g/mol. The summed E-state index contributed by atoms with van der Waals surface area (Å²) in [5, 5.41) is 6.22. The average Bonchev–Trinajstić information content (AvgIpc) is 3.33. The van der Waals surface area contributed by atoms with Crippen molar-refractivity contribution in [1.82, 2.24) is 0 Å². The molecule has 6 atom stereocenters. The molecule has 0 spiro atoms. The first-order valence-corrected chi connectivity index (χ1v) is 11.0. The first kappa shape index (κ1) is 19.6. The summed E-state index contributed by atoms with van der Waals surface area (Å²) in [5.41, 5.74) is 1.64. The first-order chi connectivity index (χ1) is 14.4. The third-order valence-electron chi connectivity index (χ3n) is 6.32. The van der Waals surface area contributed by atoms with E-state index in [2.05, 4.69) is 26.6 Å². The Morgan fingerprint density at radius 1 is 1.03 bits per heavy atom. The number of alkyl halides is 1. The summed E-state index contributed by atoms with van der Waals surface area (Å²) >= 11 is 9.56. The molecule has 0 radical (unpaired) electrons. The molecule has 0 unspecified atom stereocenters. The molecule has 30 heavy (non-hydrogen) atoms. The van der Waals surface area contributed by atoms with Crippen molar-refractivity contribution in [2.75, 3.05) is 10.6 Å². The Labute approximate surface area is 186 Å². The quantitative estimate of drug-likeness (QED) is 0.500. The number of esters is 1. The van der Waals surface area contributed by atoms with E-state index in [0.717, 1.165) is 6.42 Å². The van der Waals surface area contributed by atoms with Gasteiger partial charge in [-0.15, -0.1) is 0 Å². The van der Waals surface area contributed by atoms with Gasteiger partial charge in [0.25, 0.3) is 5.91 Å². The Kier molecular flexibility index (Phi) is 4.82. The van der Waals surface area contributed by atoms with Crippen molar-refractivity contribution in [1.29, 1.82) is 0 Å². The Morgan fingerprint density at radius 2 is 1.80 bits per heavy atom. The van der Waals surface area contributed by atoms with Gasteiger partial charge in [-0.25, -0.2) is 0 Å². The van der Waals surface area contributed by atoms with Crippen LogP contribution < -0.4 is 10.6 Å². The number of carbonyl (C=O) groups is 3. The molecule has 0 aromatic heterocycles. The highest BCUT2D eigenvalue weighted by atomic mass is 79.9. The number of hydrogen-bond acceptors (Lipinski definition) is 4. The van der Waals surface area contributed by atoms with Gasteiger partial charge in [0.2, 0.25) is 5.91 Å². The fourth-order valence-corrected chi connectivity index (χ4v) is 6.27. The molecule has 2 aliphatic carbocycles. The number of amides is 2. The van der Waals surface area contributed by atoms with Crippen LogP contribution in [-0.2, 0) is 14.3 Å². The number of carbonyl (C=O) groups excluding carboxylic acids is 3. The van der Waals surface area contributed by atoms with Crippen molar-refractivity contribution in [2.24, 2.45) is 23.7 Å². The van der Waals surface area contributed by atoms with Crippen LogP contribution in [0.4, 0.5) is 11.4 Å². The highest BCUT2D eigenvalue weighted by molar-refractivity contribution is 9.09. The molecular formula is C22H18BrClN2O4. The normalized spacial score (nSPS) is 30.8. The van der Waals surface area contributed by atoms with E-state index in [1.54, 1.807) is 48.5 Å². The topological polar surface area (TPSA) is 84.5 Å². The maximum Gasteiger partial charge on any atom is 0.310 e. The number of anilines is 2. The van der Waals surface area contributed by atoms with Crippen LogP contribution in [0.3, 0.4) is 0 Å². The molecule has 6 nitrogen and oxygen atoms in total. The Bertz CT molecular complexity index is 1040. The van der Waals surface area contributed by atoms with Gasteiger partial charge in [-0.05, 0) is 54.8 Å². The minimum Gasteiger partial charge on any atom is -0.461 e. The summed E-state index contributed by atoms with van der Waals surface area (Å²) in [6.07, 6.45) is 0.728. The number of nitrogens with one attached hydrogen (secondary N) is 2. The van der Waals surface area contributed by atoms with E-state index in [0.29, 0.717) is 22.0 Å². The highest BCUT2D eigenvalue weighted by Gasteiger charge is 2.67. The SMILES string of the molecule is O=C(Nc1cccc(Cl)c1)c1ccc(NC(=O)[C@@H]2[C@H]3C[C@H]4[C@H](OC(=O)[C@@H]42)[C@H]3Br)cc1. The lowest BCUT2D eigenvalue weighted by Gasteiger charge is -2.27. The number of ether oxygens (including phenoxy) is 1. The van der Waals surface area contributed by atoms with Crippen LogP contribution in [0.15, 0.2) is 48.5 Å². The summed E-state index contributed by atoms with van der Waals surface area (Å²) < 4.78 is 5.46. The minimum atomic E-state index is -0.392. The summed E-state index contributed by atoms with van der Waals surface area (Å²) in [4.78, 5) is 37.6. The smallest absolute Gasteiger partial charge is 0.310 e. The maximum atomic E-state index is 12.9. The molecule has 3 fully saturated rings. The van der Waals surface area contributed by atoms with Crippen LogP contribution in [0.5, 0.6) is 0 Å². The Morgan fingerprint density at radius 3 is 2.53 bits per heavy atom. The molecule has 2 aromatic carbocycles. The van der Waals surface area contributed by atoms with Crippen LogP contribution in [0.1, 0.15) is 16.8 Å². The van der Waals surface area contributed by atoms with Crippen LogP contribution in [0.25, 0.3) is 0 Å². The lowest BCUT2D eigenvalue weighted by molar-refractivity contribution is -0.145. The summed E-state index contributed by atoms with van der Waals surface area (Å²) in [6, 6.07) is 13.5. The Hall–Kier alpha value is -2.38. The largest absolute Gasteiger partial charge is 0.461 e. The van der Waals surface area contributed by atoms with Gasteiger partial charge < -0.3 is 15.4 Å². The second kappa shape index (κ2) is 7.39. The zero-order valence-electron chi connectivity index (χ0n) is 15.7. The molecule has 1 aliphatic heterocycles. The van der Waals surface area contributed by atoms with E-state index in [4.69, 9.17) is 16.3 Å². The zero-order valence-corrected chi connectivity index (χ0v) is 18.0. The fourth-order valence-electron chi connectivity index (χ4n) is 5.03. The third kappa shape index (κ3) is 3.20. The van der Waals surface area contributed by atoms with Gasteiger partial charge in [-0.3, -0.25) is 14.4 Å². The lowest BCUT2D eigenvalue weighted by atomic mass is 9.79. The van der Waals surface area contributed by atoms with E-state index in [1.165, 1.54) is 0 Å². The standard InChI is InChI=1S/C22H18BrClN2O4/c23-18-14-9-15-17(22(29)30-19(15)18)16(14)21(28)25-12-6-4-10(5-7-12)20(27)26-13-3-1-2-11(24)8-13/h1-8,14-19H,9H2,(H,25,28)(H,26,27)/t14-,15-,16-,17+,18+,19+/m1/s1. The molecule has 154 valence electrons. The van der Waals surface area contributed by atoms with E-state index in [9.17, 15) is 14.4 Å². The first-order valence-electron chi connectivity index (χ1n) is 9.75. The number of rotatable bonds is 4. The summed E-state index contributed by atoms with van der Waals surface area (Å²) in [7, 11) is 0. The molecule has 2 bridgehead atoms. The van der Waals surface area contributed by atoms with Gasteiger partial charge in [0, 0.05) is 27.9 Å². The van der Waals surface area contributed by atoms with Crippen LogP contribution in [0.2, 0.25) is 5.02 Å². The number of benzene rings is 2. The molecule has 2 N–H and O–H groups in total. The molecule has 2 amide bonds. The van der Waals surface area contributed by atoms with Crippen molar-refractivity contribution < 1.29 is 19.1 Å². The zero-order chi connectivity index (χ0) is 21.0. The van der Waals surface area contributed by atoms with Crippen LogP contribution >= 0.6 is 27.5 Å². The van der Waals surface area contributed by atoms with Gasteiger partial charge >= 0.3 is 5.97 Å². The Balaban J connectivity index is 1.26. The van der Waals surface area contributed by atoms with E-state index < -0.39 is 5.92 Å². The molecule has 5 rings (SSSR count). The van der Waals surface area contributed by atoms with Crippen molar-refractivity contribution in [3.63, 3.8) is 0 Å². The van der Waals surface area contributed by atoms with Crippen LogP contribution in [0, 0.1) is 23.7 Å². The lowest BCUT2D eigenvalue weighted by Crippen LogP contribution is -2.40. The van der Waals surface area contributed by atoms with Gasteiger partial charge in [-0.1, -0.05) is 33.6 Å². The highest BCUT2D eigenvalue weighted by Crippen LogP contribution is 2.60. The van der Waals surface area contributed by atoms with Gasteiger partial charge in [0.15, 0.2) is 0 Å². The molecule has 3 aliphatic rings. The van der Waals surface area contributed by atoms with Gasteiger partial charge in [0.1, 0.15) is 6.10 Å². The van der Waals surface area contributed by atoms with Crippen molar-refractivity contribution in [2.45, 2.75) is 17.4 Å². The molecule has 1 saturated heterocycles. The van der Waals surface area contributed by atoms with Gasteiger partial charge in [-0.2, -0.15) is 0 Å². The maximum absolute atomic E-state index is 12.9. The number of halogens is 2. The summed E-state index contributed by atoms with van der Waals surface area (Å²) in [6.45, 7) is 0. The van der Waals surface area contributed by atoms with E-state index in [1.807, 2.05) is 0 Å². The third-order valence-corrected chi connectivity index (χ3v) is 7.76. The van der Waals surface area contributed by atoms with Crippen molar-refractivity contribution in [3.05, 3.63) is 59.1 Å². The second-order valence-corrected chi connectivity index (χ2v) is 9.49. The van der Waals surface area contributed by atoms with E-state index >= 15 is 0 Å². The monoisotopic (exact) mass is 488 g/mol. The summed E-state index contributed by atoms with van der Waals surface area (Å²) in [5.74, 6) is -1.23. The van der Waals surface area contributed by atoms with Crippen molar-refractivity contribution in [3.8, 4) is 0 Å². The fraction of sp³-hybridized carbons (Fsp3) is 0.318. The van der Waals surface area contributed by atoms with Crippen molar-refractivity contribution >= 4 is 56.7 Å². The molecule has 2 aromatic rings. The molecule has 1 heterocycles.